The maximum atomic E-state index is 5.94. The Balaban J connectivity index is 1.38. The minimum absolute atomic E-state index is 0.249. The predicted molar refractivity (Wildman–Crippen MR) is 96.1 cm³/mol. The van der Waals surface area contributed by atoms with Crippen molar-refractivity contribution in [1.82, 2.24) is 24.4 Å². The minimum atomic E-state index is 0.249. The summed E-state index contributed by atoms with van der Waals surface area (Å²) in [6, 6.07) is 10.3. The highest BCUT2D eigenvalue weighted by Gasteiger charge is 2.22. The number of hydrogen-bond acceptors (Lipinski definition) is 5. The zero-order valence-corrected chi connectivity index (χ0v) is 14.5. The summed E-state index contributed by atoms with van der Waals surface area (Å²) < 4.78 is 8.14. The standard InChI is InChI=1S/C19H23N5O/c1-23-18-5-3-2-4-17(18)22-19(23)13-24-10-11-25-16(12-24)7-6-15-8-9-20-14-21-15/h2-5,8-9,14,16H,6-7,10-13H2,1H3/t16-/m1/s1. The predicted octanol–water partition coefficient (Wildman–Crippen LogP) is 2.20. The van der Waals surface area contributed by atoms with Crippen LogP contribution in [0.1, 0.15) is 17.9 Å². The molecule has 1 aromatic carbocycles. The van der Waals surface area contributed by atoms with Gasteiger partial charge in [0.25, 0.3) is 0 Å². The van der Waals surface area contributed by atoms with E-state index in [1.165, 1.54) is 5.52 Å². The van der Waals surface area contributed by atoms with Gasteiger partial charge in [0.05, 0.1) is 30.3 Å². The molecule has 3 heterocycles. The first-order chi connectivity index (χ1) is 12.3. The first-order valence-electron chi connectivity index (χ1n) is 8.79. The lowest BCUT2D eigenvalue weighted by Gasteiger charge is -2.32. The Hall–Kier alpha value is -2.31. The Bertz CT molecular complexity index is 832. The van der Waals surface area contributed by atoms with Crippen LogP contribution in [0.15, 0.2) is 42.9 Å². The molecule has 0 N–H and O–H groups in total. The molecule has 0 saturated carbocycles. The number of aryl methyl sites for hydroxylation is 2. The van der Waals surface area contributed by atoms with Crippen LogP contribution in [0, 0.1) is 0 Å². The zero-order valence-electron chi connectivity index (χ0n) is 14.5. The molecule has 1 fully saturated rings. The van der Waals surface area contributed by atoms with E-state index in [0.29, 0.717) is 0 Å². The fourth-order valence-electron chi connectivity index (χ4n) is 3.41. The Morgan fingerprint density at radius 3 is 3.00 bits per heavy atom. The smallest absolute Gasteiger partial charge is 0.123 e. The van der Waals surface area contributed by atoms with E-state index in [0.717, 1.165) is 56.1 Å². The third-order valence-electron chi connectivity index (χ3n) is 4.83. The lowest BCUT2D eigenvalue weighted by atomic mass is 10.1. The van der Waals surface area contributed by atoms with E-state index in [9.17, 15) is 0 Å². The van der Waals surface area contributed by atoms with Gasteiger partial charge in [-0.1, -0.05) is 12.1 Å². The first-order valence-corrected chi connectivity index (χ1v) is 8.79. The molecule has 0 amide bonds. The molecule has 25 heavy (non-hydrogen) atoms. The van der Waals surface area contributed by atoms with Crippen LogP contribution in [0.3, 0.4) is 0 Å². The summed E-state index contributed by atoms with van der Waals surface area (Å²) in [5.74, 6) is 1.11. The van der Waals surface area contributed by atoms with Crippen LogP contribution in [-0.2, 0) is 24.8 Å². The van der Waals surface area contributed by atoms with Crippen LogP contribution in [0.2, 0.25) is 0 Å². The molecule has 6 nitrogen and oxygen atoms in total. The van der Waals surface area contributed by atoms with E-state index in [-0.39, 0.29) is 6.10 Å². The summed E-state index contributed by atoms with van der Waals surface area (Å²) in [7, 11) is 2.09. The molecule has 2 aromatic heterocycles. The van der Waals surface area contributed by atoms with Gasteiger partial charge in [0, 0.05) is 32.0 Å². The fraction of sp³-hybridized carbons (Fsp3) is 0.421. The second kappa shape index (κ2) is 7.29. The molecule has 1 aliphatic rings. The summed E-state index contributed by atoms with van der Waals surface area (Å²) in [5, 5.41) is 0. The maximum Gasteiger partial charge on any atom is 0.123 e. The average Bonchev–Trinajstić information content (AvgIpc) is 2.97. The molecule has 0 spiro atoms. The maximum absolute atomic E-state index is 5.94. The number of aromatic nitrogens is 4. The number of rotatable bonds is 5. The van der Waals surface area contributed by atoms with Gasteiger partial charge in [-0.25, -0.2) is 15.0 Å². The number of hydrogen-bond donors (Lipinski definition) is 0. The molecule has 0 radical (unpaired) electrons. The Morgan fingerprint density at radius 1 is 1.24 bits per heavy atom. The van der Waals surface area contributed by atoms with Crippen molar-refractivity contribution < 1.29 is 4.74 Å². The highest BCUT2D eigenvalue weighted by atomic mass is 16.5. The molecule has 1 aliphatic heterocycles. The second-order valence-electron chi connectivity index (χ2n) is 6.54. The normalized spacial score (nSPS) is 18.7. The molecule has 1 saturated heterocycles. The third kappa shape index (κ3) is 3.70. The van der Waals surface area contributed by atoms with Crippen molar-refractivity contribution in [2.75, 3.05) is 19.7 Å². The molecule has 0 aliphatic carbocycles. The minimum Gasteiger partial charge on any atom is -0.376 e. The van der Waals surface area contributed by atoms with E-state index < -0.39 is 0 Å². The largest absolute Gasteiger partial charge is 0.376 e. The van der Waals surface area contributed by atoms with Crippen molar-refractivity contribution in [1.29, 1.82) is 0 Å². The summed E-state index contributed by atoms with van der Waals surface area (Å²) >= 11 is 0. The van der Waals surface area contributed by atoms with Crippen LogP contribution in [0.25, 0.3) is 11.0 Å². The summed E-state index contributed by atoms with van der Waals surface area (Å²) in [6.45, 7) is 3.53. The number of imidazole rings is 1. The van der Waals surface area contributed by atoms with Gasteiger partial charge in [-0.15, -0.1) is 0 Å². The topological polar surface area (TPSA) is 56.1 Å². The van der Waals surface area contributed by atoms with E-state index in [2.05, 4.69) is 44.7 Å². The number of para-hydroxylation sites is 2. The SMILES string of the molecule is Cn1c(CN2CCO[C@H](CCc3ccncn3)C2)nc2ccccc21. The molecular formula is C19H23N5O. The van der Waals surface area contributed by atoms with Gasteiger partial charge in [0.2, 0.25) is 0 Å². The molecule has 4 rings (SSSR count). The monoisotopic (exact) mass is 337 g/mol. The van der Waals surface area contributed by atoms with Crippen molar-refractivity contribution in [2.45, 2.75) is 25.5 Å². The van der Waals surface area contributed by atoms with E-state index in [1.54, 1.807) is 12.5 Å². The van der Waals surface area contributed by atoms with Crippen molar-refractivity contribution in [3.8, 4) is 0 Å². The van der Waals surface area contributed by atoms with Crippen LogP contribution >= 0.6 is 0 Å². The summed E-state index contributed by atoms with van der Waals surface area (Å²) in [5.41, 5.74) is 3.32. The molecule has 1 atom stereocenters. The summed E-state index contributed by atoms with van der Waals surface area (Å²) in [6.07, 6.45) is 5.55. The first kappa shape index (κ1) is 16.2. The van der Waals surface area contributed by atoms with Crippen LogP contribution < -0.4 is 0 Å². The number of morpholine rings is 1. The van der Waals surface area contributed by atoms with Crippen molar-refractivity contribution in [3.63, 3.8) is 0 Å². The summed E-state index contributed by atoms with van der Waals surface area (Å²) in [4.78, 5) is 15.5. The average molecular weight is 337 g/mol. The molecule has 6 heteroatoms. The van der Waals surface area contributed by atoms with Crippen LogP contribution in [0.4, 0.5) is 0 Å². The van der Waals surface area contributed by atoms with Gasteiger partial charge in [0.1, 0.15) is 12.2 Å². The van der Waals surface area contributed by atoms with Gasteiger partial charge >= 0.3 is 0 Å². The lowest BCUT2D eigenvalue weighted by Crippen LogP contribution is -2.42. The second-order valence-corrected chi connectivity index (χ2v) is 6.54. The van der Waals surface area contributed by atoms with Crippen LogP contribution in [-0.4, -0.2) is 50.2 Å². The number of benzene rings is 1. The molecule has 0 unspecified atom stereocenters. The van der Waals surface area contributed by atoms with E-state index in [1.807, 2.05) is 12.1 Å². The quantitative estimate of drug-likeness (QED) is 0.714. The van der Waals surface area contributed by atoms with Gasteiger partial charge in [0.15, 0.2) is 0 Å². The Morgan fingerprint density at radius 2 is 2.16 bits per heavy atom. The van der Waals surface area contributed by atoms with Gasteiger partial charge in [-0.3, -0.25) is 4.90 Å². The molecule has 130 valence electrons. The Labute approximate surface area is 147 Å². The highest BCUT2D eigenvalue weighted by Crippen LogP contribution is 2.18. The lowest BCUT2D eigenvalue weighted by molar-refractivity contribution is -0.0355. The van der Waals surface area contributed by atoms with Crippen molar-refractivity contribution in [3.05, 3.63) is 54.4 Å². The van der Waals surface area contributed by atoms with E-state index >= 15 is 0 Å². The number of ether oxygens (including phenoxy) is 1. The highest BCUT2D eigenvalue weighted by molar-refractivity contribution is 5.75. The van der Waals surface area contributed by atoms with Gasteiger partial charge in [-0.2, -0.15) is 0 Å². The molecule has 0 bridgehead atoms. The molecular weight excluding hydrogens is 314 g/mol. The zero-order chi connectivity index (χ0) is 17.1. The Kier molecular flexibility index (Phi) is 4.72. The number of fused-ring (bicyclic) bond motifs is 1. The van der Waals surface area contributed by atoms with Crippen molar-refractivity contribution >= 4 is 11.0 Å². The van der Waals surface area contributed by atoms with Gasteiger partial charge in [-0.05, 0) is 31.0 Å². The van der Waals surface area contributed by atoms with Crippen LogP contribution in [0.5, 0.6) is 0 Å². The molecule has 3 aromatic rings. The third-order valence-corrected chi connectivity index (χ3v) is 4.83. The van der Waals surface area contributed by atoms with Crippen molar-refractivity contribution in [2.24, 2.45) is 7.05 Å². The van der Waals surface area contributed by atoms with E-state index in [4.69, 9.17) is 9.72 Å². The number of nitrogens with zero attached hydrogens (tertiary/aromatic N) is 5. The fourth-order valence-corrected chi connectivity index (χ4v) is 3.41. The van der Waals surface area contributed by atoms with Gasteiger partial charge < -0.3 is 9.30 Å².